The predicted octanol–water partition coefficient (Wildman–Crippen LogP) is 1.41. The number of aromatic nitrogens is 7. The van der Waals surface area contributed by atoms with Crippen molar-refractivity contribution in [2.75, 3.05) is 12.4 Å². The average molecular weight is 306 g/mol. The summed E-state index contributed by atoms with van der Waals surface area (Å²) in [4.78, 5) is 21.2. The van der Waals surface area contributed by atoms with E-state index in [1.807, 2.05) is 12.3 Å². The second-order valence-electron chi connectivity index (χ2n) is 3.69. The van der Waals surface area contributed by atoms with Gasteiger partial charge in [0, 0.05) is 18.1 Å². The molecule has 0 atom stereocenters. The molecule has 0 saturated heterocycles. The molecule has 0 aliphatic heterocycles. The third-order valence-corrected chi connectivity index (χ3v) is 4.15. The van der Waals surface area contributed by atoms with Gasteiger partial charge >= 0.3 is 0 Å². The predicted molar refractivity (Wildman–Crippen MR) is 75.3 cm³/mol. The molecule has 0 amide bonds. The first-order chi connectivity index (χ1) is 9.74. The molecule has 0 aromatic carbocycles. The zero-order valence-corrected chi connectivity index (χ0v) is 12.3. The van der Waals surface area contributed by atoms with Crippen LogP contribution in [0.5, 0.6) is 0 Å². The lowest BCUT2D eigenvalue weighted by molar-refractivity contribution is 0.761. The first-order valence-corrected chi connectivity index (χ1v) is 7.33. The summed E-state index contributed by atoms with van der Waals surface area (Å²) >= 11 is 2.95. The van der Waals surface area contributed by atoms with Crippen molar-refractivity contribution in [3.8, 4) is 5.95 Å². The molecule has 3 aromatic heterocycles. The van der Waals surface area contributed by atoms with Gasteiger partial charge in [-0.25, -0.2) is 9.97 Å². The maximum absolute atomic E-state index is 4.38. The first kappa shape index (κ1) is 12.9. The van der Waals surface area contributed by atoms with E-state index < -0.39 is 0 Å². The molecule has 0 radical (unpaired) electrons. The van der Waals surface area contributed by atoms with Gasteiger partial charge in [-0.2, -0.15) is 24.7 Å². The molecule has 20 heavy (non-hydrogen) atoms. The molecule has 0 saturated carbocycles. The molecule has 8 nitrogen and oxygen atoms in total. The number of hydrogen-bond donors (Lipinski definition) is 1. The Bertz CT molecular complexity index is 708. The van der Waals surface area contributed by atoms with Crippen molar-refractivity contribution in [2.24, 2.45) is 0 Å². The lowest BCUT2D eigenvalue weighted by Gasteiger charge is -2.04. The highest BCUT2D eigenvalue weighted by molar-refractivity contribution is 8.00. The summed E-state index contributed by atoms with van der Waals surface area (Å²) in [5.74, 6) is 0.888. The van der Waals surface area contributed by atoms with E-state index in [-0.39, 0.29) is 0 Å². The van der Waals surface area contributed by atoms with Crippen LogP contribution < -0.4 is 5.32 Å². The molecule has 0 fully saturated rings. The minimum atomic E-state index is 0.414. The lowest BCUT2D eigenvalue weighted by atomic mass is 10.6. The number of nitrogens with one attached hydrogen (secondary N) is 1. The summed E-state index contributed by atoms with van der Waals surface area (Å²) in [5.41, 5.74) is 0.983. The summed E-state index contributed by atoms with van der Waals surface area (Å²) in [6.45, 7) is 1.95. The van der Waals surface area contributed by atoms with Crippen LogP contribution in [-0.2, 0) is 0 Å². The van der Waals surface area contributed by atoms with Crippen molar-refractivity contribution in [2.45, 2.75) is 16.4 Å². The fourth-order valence-electron chi connectivity index (χ4n) is 1.37. The maximum atomic E-state index is 4.38. The number of anilines is 1. The van der Waals surface area contributed by atoms with E-state index in [0.717, 1.165) is 10.0 Å². The third-order valence-electron chi connectivity index (χ3n) is 2.23. The fraction of sp³-hybridized carbons (Fsp3) is 0.200. The standard InChI is InChI=1S/C10H10N8S2/c1-6-3-19-10(14-6)20-9-16-7(11-2)15-8(17-9)18-5-12-4-13-18/h3-5H,1-2H3,(H,11,15,16,17). The van der Waals surface area contributed by atoms with Crippen molar-refractivity contribution >= 4 is 29.0 Å². The van der Waals surface area contributed by atoms with E-state index in [2.05, 4.69) is 35.3 Å². The smallest absolute Gasteiger partial charge is 0.257 e. The molecule has 3 heterocycles. The minimum absolute atomic E-state index is 0.414. The number of nitrogens with zero attached hydrogens (tertiary/aromatic N) is 7. The summed E-state index contributed by atoms with van der Waals surface area (Å²) in [6.07, 6.45) is 2.97. The Morgan fingerprint density at radius 2 is 2.15 bits per heavy atom. The van der Waals surface area contributed by atoms with Crippen LogP contribution in [0.25, 0.3) is 5.95 Å². The quantitative estimate of drug-likeness (QED) is 0.773. The van der Waals surface area contributed by atoms with Gasteiger partial charge in [0.05, 0.1) is 0 Å². The molecule has 102 valence electrons. The zero-order chi connectivity index (χ0) is 13.9. The molecule has 0 aliphatic rings. The highest BCUT2D eigenvalue weighted by atomic mass is 32.2. The molecule has 10 heteroatoms. The summed E-state index contributed by atoms with van der Waals surface area (Å²) < 4.78 is 2.37. The Hall–Kier alpha value is -2.07. The minimum Gasteiger partial charge on any atom is -0.357 e. The number of aryl methyl sites for hydroxylation is 1. The van der Waals surface area contributed by atoms with E-state index >= 15 is 0 Å². The van der Waals surface area contributed by atoms with Crippen LogP contribution in [-0.4, -0.2) is 41.7 Å². The summed E-state index contributed by atoms with van der Waals surface area (Å²) in [6, 6.07) is 0. The Balaban J connectivity index is 1.96. The average Bonchev–Trinajstić information content (AvgIpc) is 3.10. The topological polar surface area (TPSA) is 94.3 Å². The second kappa shape index (κ2) is 5.51. The fourth-order valence-corrected chi connectivity index (χ4v) is 3.06. The van der Waals surface area contributed by atoms with Crippen LogP contribution in [0.2, 0.25) is 0 Å². The monoisotopic (exact) mass is 306 g/mol. The number of rotatable bonds is 4. The van der Waals surface area contributed by atoms with Crippen LogP contribution in [0.3, 0.4) is 0 Å². The van der Waals surface area contributed by atoms with Crippen molar-refractivity contribution in [3.63, 3.8) is 0 Å². The maximum Gasteiger partial charge on any atom is 0.257 e. The Labute approximate surface area is 122 Å². The number of thiazole rings is 1. The second-order valence-corrected chi connectivity index (χ2v) is 5.76. The zero-order valence-electron chi connectivity index (χ0n) is 10.7. The molecule has 0 unspecified atom stereocenters. The van der Waals surface area contributed by atoms with Gasteiger partial charge in [0.25, 0.3) is 5.95 Å². The van der Waals surface area contributed by atoms with Crippen LogP contribution in [0.15, 0.2) is 27.5 Å². The number of hydrogen-bond acceptors (Lipinski definition) is 9. The van der Waals surface area contributed by atoms with E-state index in [1.54, 1.807) is 18.4 Å². The normalized spacial score (nSPS) is 10.7. The van der Waals surface area contributed by atoms with Crippen molar-refractivity contribution in [1.82, 2.24) is 34.7 Å². The first-order valence-electron chi connectivity index (χ1n) is 5.63. The van der Waals surface area contributed by atoms with Crippen molar-refractivity contribution in [1.29, 1.82) is 0 Å². The van der Waals surface area contributed by atoms with E-state index in [4.69, 9.17) is 0 Å². The Morgan fingerprint density at radius 3 is 2.80 bits per heavy atom. The van der Waals surface area contributed by atoms with Gasteiger partial charge in [0.15, 0.2) is 4.34 Å². The molecular weight excluding hydrogens is 296 g/mol. The van der Waals surface area contributed by atoms with Crippen molar-refractivity contribution in [3.05, 3.63) is 23.7 Å². The Kier molecular flexibility index (Phi) is 3.56. The summed E-state index contributed by atoms with van der Waals surface area (Å²) in [7, 11) is 1.75. The Morgan fingerprint density at radius 1 is 1.25 bits per heavy atom. The summed E-state index contributed by atoms with van der Waals surface area (Å²) in [5, 5.41) is 9.47. The van der Waals surface area contributed by atoms with Gasteiger partial charge < -0.3 is 5.32 Å². The molecular formula is C10H10N8S2. The van der Waals surface area contributed by atoms with Gasteiger partial charge in [-0.1, -0.05) is 0 Å². The van der Waals surface area contributed by atoms with Crippen LogP contribution >= 0.6 is 23.1 Å². The van der Waals surface area contributed by atoms with Gasteiger partial charge in [-0.15, -0.1) is 11.3 Å². The highest BCUT2D eigenvalue weighted by Gasteiger charge is 2.11. The highest BCUT2D eigenvalue weighted by Crippen LogP contribution is 2.28. The van der Waals surface area contributed by atoms with E-state index in [1.165, 1.54) is 29.1 Å². The molecule has 3 aromatic rings. The lowest BCUT2D eigenvalue weighted by Crippen LogP contribution is -2.07. The van der Waals surface area contributed by atoms with Crippen LogP contribution in [0.4, 0.5) is 5.95 Å². The molecule has 0 bridgehead atoms. The van der Waals surface area contributed by atoms with E-state index in [0.29, 0.717) is 17.1 Å². The van der Waals surface area contributed by atoms with E-state index in [9.17, 15) is 0 Å². The van der Waals surface area contributed by atoms with Crippen LogP contribution in [0, 0.1) is 6.92 Å². The molecule has 1 N–H and O–H groups in total. The largest absolute Gasteiger partial charge is 0.357 e. The SMILES string of the molecule is CNc1nc(Sc2nc(C)cs2)nc(-n2cncn2)n1. The van der Waals surface area contributed by atoms with Crippen molar-refractivity contribution < 1.29 is 0 Å². The van der Waals surface area contributed by atoms with Gasteiger partial charge in [0.2, 0.25) is 11.1 Å². The van der Waals surface area contributed by atoms with Crippen LogP contribution in [0.1, 0.15) is 5.69 Å². The molecule has 0 aliphatic carbocycles. The molecule has 3 rings (SSSR count). The molecule has 0 spiro atoms. The third kappa shape index (κ3) is 2.75. The van der Waals surface area contributed by atoms with Gasteiger partial charge in [0.1, 0.15) is 12.7 Å². The van der Waals surface area contributed by atoms with Gasteiger partial charge in [-0.05, 0) is 18.7 Å². The van der Waals surface area contributed by atoms with Gasteiger partial charge in [-0.3, -0.25) is 0 Å².